The molecular formula is C60H54F2N10O4S2. The molecule has 2 unspecified atom stereocenters. The molecule has 394 valence electrons. The molecule has 6 heterocycles. The number of aromatic nitrogens is 8. The molecule has 2 aliphatic heterocycles. The Morgan fingerprint density at radius 1 is 0.641 bits per heavy atom. The van der Waals surface area contributed by atoms with Gasteiger partial charge in [0.2, 0.25) is 10.0 Å². The first kappa shape index (κ1) is 50.7. The minimum atomic E-state index is -4.11. The lowest BCUT2D eigenvalue weighted by molar-refractivity contribution is 0.412. The Balaban J connectivity index is 0.829. The van der Waals surface area contributed by atoms with E-state index in [2.05, 4.69) is 57.4 Å². The molecule has 14 nitrogen and oxygen atoms in total. The van der Waals surface area contributed by atoms with Crippen LogP contribution in [-0.4, -0.2) is 90.5 Å². The van der Waals surface area contributed by atoms with E-state index in [0.717, 1.165) is 60.9 Å². The number of sulfonamides is 2. The normalized spacial score (nSPS) is 18.3. The van der Waals surface area contributed by atoms with Crippen molar-refractivity contribution in [3.8, 4) is 23.2 Å². The first-order valence-corrected chi connectivity index (χ1v) is 28.6. The second-order valence-electron chi connectivity index (χ2n) is 20.8. The number of aryl methyl sites for hydroxylation is 3. The molecule has 6 aromatic carbocycles. The summed E-state index contributed by atoms with van der Waals surface area (Å²) in [6, 6.07) is 38.7. The molecule has 0 aliphatic carbocycles. The maximum absolute atomic E-state index is 15.3. The molecule has 0 spiro atoms. The highest BCUT2D eigenvalue weighted by molar-refractivity contribution is 7.89. The molecule has 0 radical (unpaired) electrons. The third-order valence-corrected chi connectivity index (χ3v) is 19.2. The van der Waals surface area contributed by atoms with E-state index in [0.29, 0.717) is 43.5 Å². The molecule has 4 aromatic heterocycles. The summed E-state index contributed by atoms with van der Waals surface area (Å²) in [6.45, 7) is 5.13. The molecule has 78 heavy (non-hydrogen) atoms. The average Bonchev–Trinajstić information content (AvgIpc) is 4.37. The van der Waals surface area contributed by atoms with Gasteiger partial charge in [-0.2, -0.15) is 23.9 Å². The van der Waals surface area contributed by atoms with Gasteiger partial charge in [-0.15, -0.1) is 0 Å². The first-order chi connectivity index (χ1) is 37.6. The number of nitrogens with zero attached hydrogens (tertiary/aromatic N) is 10. The smallest absolute Gasteiger partial charge is 0.262 e. The van der Waals surface area contributed by atoms with E-state index in [-0.39, 0.29) is 41.9 Å². The minimum absolute atomic E-state index is 0.0846. The van der Waals surface area contributed by atoms with Crippen LogP contribution in [0.3, 0.4) is 0 Å². The van der Waals surface area contributed by atoms with Gasteiger partial charge in [0.1, 0.15) is 16.5 Å². The summed E-state index contributed by atoms with van der Waals surface area (Å²) in [5.74, 6) is 5.89. The summed E-state index contributed by atoms with van der Waals surface area (Å²) in [4.78, 5) is 4.60. The van der Waals surface area contributed by atoms with Crippen molar-refractivity contribution >= 4 is 41.9 Å². The fourth-order valence-corrected chi connectivity index (χ4v) is 14.7. The Morgan fingerprint density at radius 3 is 1.95 bits per heavy atom. The summed E-state index contributed by atoms with van der Waals surface area (Å²) >= 11 is 0. The van der Waals surface area contributed by atoms with Gasteiger partial charge in [-0.05, 0) is 140 Å². The van der Waals surface area contributed by atoms with Gasteiger partial charge in [0.15, 0.2) is 5.03 Å². The van der Waals surface area contributed by atoms with Crippen molar-refractivity contribution in [3.63, 3.8) is 0 Å². The molecule has 0 saturated carbocycles. The molecule has 10 aromatic rings. The summed E-state index contributed by atoms with van der Waals surface area (Å²) in [5.41, 5.74) is 8.08. The zero-order valence-electron chi connectivity index (χ0n) is 43.1. The van der Waals surface area contributed by atoms with Crippen LogP contribution in [0.1, 0.15) is 58.2 Å². The SMILES string of the molecule is Cc1cc2c(cnn2-c2ccc(F)cc2Cn2cnc(S(=O)(=O)N3CCC(Cc4ccccc4)(c4cc5cnn(-c6ccc(F)cc6)c5cc4C)C3)c2)cc1C1(CC#Cc2ccccc2)CCN(S(=O)(=O)c2cnn(C)c2)C1. The topological polar surface area (TPSA) is 146 Å². The summed E-state index contributed by atoms with van der Waals surface area (Å²) in [6.07, 6.45) is 11.5. The Hall–Kier alpha value is -8.08. The molecule has 0 N–H and O–H groups in total. The van der Waals surface area contributed by atoms with Crippen LogP contribution >= 0.6 is 0 Å². The highest BCUT2D eigenvalue weighted by atomic mass is 32.2. The van der Waals surface area contributed by atoms with Crippen molar-refractivity contribution in [2.45, 2.75) is 66.8 Å². The maximum atomic E-state index is 15.3. The lowest BCUT2D eigenvalue weighted by Gasteiger charge is -2.32. The van der Waals surface area contributed by atoms with Crippen LogP contribution in [0.25, 0.3) is 33.2 Å². The van der Waals surface area contributed by atoms with Crippen LogP contribution in [0.4, 0.5) is 8.78 Å². The van der Waals surface area contributed by atoms with Gasteiger partial charge in [-0.1, -0.05) is 60.4 Å². The Morgan fingerprint density at radius 2 is 1.26 bits per heavy atom. The quantitative estimate of drug-likeness (QED) is 0.104. The third-order valence-electron chi connectivity index (χ3n) is 15.7. The summed E-state index contributed by atoms with van der Waals surface area (Å²) in [7, 11) is -6.27. The average molecular weight is 1080 g/mol. The molecule has 12 rings (SSSR count). The predicted octanol–water partition coefficient (Wildman–Crippen LogP) is 9.59. The first-order valence-electron chi connectivity index (χ1n) is 25.7. The van der Waals surface area contributed by atoms with Crippen molar-refractivity contribution in [2.24, 2.45) is 7.05 Å². The van der Waals surface area contributed by atoms with Gasteiger partial charge in [-0.3, -0.25) is 4.68 Å². The van der Waals surface area contributed by atoms with Crippen LogP contribution in [0.2, 0.25) is 0 Å². The number of rotatable bonds is 13. The number of hydrogen-bond donors (Lipinski definition) is 0. The molecule has 2 aliphatic rings. The fraction of sp³-hybridized carbons (Fsp3) is 0.233. The van der Waals surface area contributed by atoms with Crippen molar-refractivity contribution < 1.29 is 25.6 Å². The second kappa shape index (κ2) is 19.7. The molecule has 2 fully saturated rings. The van der Waals surface area contributed by atoms with Crippen LogP contribution in [-0.2, 0) is 50.9 Å². The molecular weight excluding hydrogens is 1030 g/mol. The zero-order valence-corrected chi connectivity index (χ0v) is 44.8. The van der Waals surface area contributed by atoms with Crippen LogP contribution in [0.15, 0.2) is 175 Å². The molecule has 2 atom stereocenters. The lowest BCUT2D eigenvalue weighted by atomic mass is 9.73. The lowest BCUT2D eigenvalue weighted by Crippen LogP contribution is -2.36. The van der Waals surface area contributed by atoms with E-state index < -0.39 is 36.7 Å². The molecule has 0 amide bonds. The van der Waals surface area contributed by atoms with Crippen molar-refractivity contribution in [1.29, 1.82) is 0 Å². The van der Waals surface area contributed by atoms with E-state index >= 15 is 4.39 Å². The number of imidazole rings is 1. The summed E-state index contributed by atoms with van der Waals surface area (Å²) in [5, 5.41) is 15.2. The monoisotopic (exact) mass is 1080 g/mol. The van der Waals surface area contributed by atoms with Gasteiger partial charge in [-0.25, -0.2) is 40.0 Å². The Labute approximate surface area is 451 Å². The summed E-state index contributed by atoms with van der Waals surface area (Å²) < 4.78 is 96.3. The second-order valence-corrected chi connectivity index (χ2v) is 24.6. The van der Waals surface area contributed by atoms with Crippen molar-refractivity contribution in [3.05, 3.63) is 215 Å². The highest BCUT2D eigenvalue weighted by Gasteiger charge is 2.47. The van der Waals surface area contributed by atoms with E-state index in [1.807, 2.05) is 68.4 Å². The molecule has 2 saturated heterocycles. The zero-order chi connectivity index (χ0) is 54.0. The van der Waals surface area contributed by atoms with Crippen molar-refractivity contribution in [1.82, 2.24) is 47.5 Å². The van der Waals surface area contributed by atoms with Gasteiger partial charge in [0, 0.05) is 84.8 Å². The van der Waals surface area contributed by atoms with Crippen molar-refractivity contribution in [2.75, 3.05) is 26.2 Å². The van der Waals surface area contributed by atoms with Gasteiger partial charge >= 0.3 is 0 Å². The standard InChI is InChI=1S/C60H54F2N10O4S2/c1-42-28-57-47(30-53(42)59(22-10-15-44-11-6-4-7-12-44)23-25-69(39-59)77(73,74)52-35-64-67(3)37-52)34-66-72(57)55-21-18-50(62)29-48(55)36-68-38-58(63-41-68)78(75,76)70-26-24-60(40-70,32-45-13-8-5-9-14-45)54-31-46-33-65-71(56(46)27-43(54)2)51-19-16-49(61)17-20-51/h4-9,11-14,16-21,27-31,33-35,37-38,41H,22-26,32,36,39-40H2,1-3H3. The third kappa shape index (κ3) is 9.29. The van der Waals surface area contributed by atoms with Gasteiger partial charge < -0.3 is 4.57 Å². The van der Waals surface area contributed by atoms with Gasteiger partial charge in [0.25, 0.3) is 10.0 Å². The van der Waals surface area contributed by atoms with E-state index in [4.69, 9.17) is 5.10 Å². The Kier molecular flexibility index (Phi) is 12.8. The maximum Gasteiger partial charge on any atom is 0.262 e. The van der Waals surface area contributed by atoms with Crippen LogP contribution in [0.5, 0.6) is 0 Å². The number of halogens is 2. The highest BCUT2D eigenvalue weighted by Crippen LogP contribution is 2.45. The number of hydrogen-bond acceptors (Lipinski definition) is 8. The number of benzene rings is 6. The largest absolute Gasteiger partial charge is 0.332 e. The van der Waals surface area contributed by atoms with Gasteiger partial charge in [0.05, 0.1) is 53.9 Å². The predicted molar refractivity (Wildman–Crippen MR) is 294 cm³/mol. The van der Waals surface area contributed by atoms with E-state index in [1.165, 1.54) is 62.5 Å². The molecule has 18 heteroatoms. The fourth-order valence-electron chi connectivity index (χ4n) is 11.8. The minimum Gasteiger partial charge on any atom is -0.332 e. The van der Waals surface area contributed by atoms with Crippen LogP contribution in [0, 0.1) is 37.3 Å². The van der Waals surface area contributed by atoms with E-state index in [9.17, 15) is 21.2 Å². The number of fused-ring (bicyclic) bond motifs is 2. The van der Waals surface area contributed by atoms with Crippen LogP contribution < -0.4 is 0 Å². The Bertz CT molecular complexity index is 4220. The molecule has 0 bridgehead atoms. The van der Waals surface area contributed by atoms with E-state index in [1.54, 1.807) is 51.6 Å².